The number of ether oxygens (including phenoxy) is 1. The monoisotopic (exact) mass is 274 g/mol. The van der Waals surface area contributed by atoms with E-state index < -0.39 is 0 Å². The molecule has 1 aromatic heterocycles. The van der Waals surface area contributed by atoms with E-state index in [1.165, 1.54) is 0 Å². The Labute approximate surface area is 119 Å². The van der Waals surface area contributed by atoms with Crippen LogP contribution in [0, 0.1) is 5.92 Å². The molecule has 0 aliphatic heterocycles. The third kappa shape index (κ3) is 2.85. The molecule has 1 aromatic carbocycles. The van der Waals surface area contributed by atoms with Gasteiger partial charge in [0.1, 0.15) is 5.75 Å². The van der Waals surface area contributed by atoms with E-state index in [2.05, 4.69) is 19.2 Å². The third-order valence-corrected chi connectivity index (χ3v) is 3.29. The van der Waals surface area contributed by atoms with Crippen molar-refractivity contribution in [2.45, 2.75) is 26.9 Å². The average molecular weight is 274 g/mol. The molecule has 2 rings (SSSR count). The molecular weight excluding hydrogens is 252 g/mol. The third-order valence-electron chi connectivity index (χ3n) is 3.29. The molecule has 0 aliphatic carbocycles. The number of nitrogens with one attached hydrogen (secondary N) is 1. The summed E-state index contributed by atoms with van der Waals surface area (Å²) >= 11 is 0. The molecule has 2 aromatic rings. The van der Waals surface area contributed by atoms with Crippen molar-refractivity contribution in [3.05, 3.63) is 40.2 Å². The van der Waals surface area contributed by atoms with Crippen LogP contribution in [0.4, 0.5) is 0 Å². The summed E-state index contributed by atoms with van der Waals surface area (Å²) in [5.74, 6) is 1.23. The lowest BCUT2D eigenvalue weighted by Crippen LogP contribution is -2.28. The van der Waals surface area contributed by atoms with Gasteiger partial charge in [0, 0.05) is 24.0 Å². The van der Waals surface area contributed by atoms with Gasteiger partial charge >= 0.3 is 0 Å². The summed E-state index contributed by atoms with van der Waals surface area (Å²) in [5, 5.41) is 4.09. The van der Waals surface area contributed by atoms with Gasteiger partial charge in [0.25, 0.3) is 5.56 Å². The van der Waals surface area contributed by atoms with Gasteiger partial charge in [0.15, 0.2) is 0 Å². The van der Waals surface area contributed by atoms with E-state index in [1.54, 1.807) is 7.11 Å². The van der Waals surface area contributed by atoms with Crippen LogP contribution < -0.4 is 15.6 Å². The molecule has 0 atom stereocenters. The fraction of sp³-hybridized carbons (Fsp3) is 0.438. The minimum atomic E-state index is 0.0886. The first-order valence-electron chi connectivity index (χ1n) is 6.92. The van der Waals surface area contributed by atoms with Gasteiger partial charge in [-0.2, -0.15) is 0 Å². The number of hydrogen-bond acceptors (Lipinski definition) is 3. The Balaban J connectivity index is 2.70. The molecule has 0 bridgehead atoms. The highest BCUT2D eigenvalue weighted by Gasteiger charge is 2.10. The highest BCUT2D eigenvalue weighted by Crippen LogP contribution is 2.21. The Kier molecular flexibility index (Phi) is 4.45. The van der Waals surface area contributed by atoms with Crippen LogP contribution in [0.3, 0.4) is 0 Å². The van der Waals surface area contributed by atoms with Crippen LogP contribution >= 0.6 is 0 Å². The number of rotatable bonds is 5. The van der Waals surface area contributed by atoms with Crippen LogP contribution in [0.5, 0.6) is 5.75 Å². The lowest BCUT2D eigenvalue weighted by atomic mass is 10.1. The van der Waals surface area contributed by atoms with Crippen molar-refractivity contribution in [3.8, 4) is 5.75 Å². The zero-order valence-corrected chi connectivity index (χ0v) is 12.6. The molecule has 0 aliphatic rings. The average Bonchev–Trinajstić information content (AvgIpc) is 2.42. The molecule has 0 spiro atoms. The van der Waals surface area contributed by atoms with E-state index in [9.17, 15) is 4.79 Å². The predicted molar refractivity (Wildman–Crippen MR) is 82.4 cm³/mol. The summed E-state index contributed by atoms with van der Waals surface area (Å²) in [6.45, 7) is 5.53. The molecule has 108 valence electrons. The number of hydrogen-bond donors (Lipinski definition) is 1. The normalized spacial score (nSPS) is 11.2. The van der Waals surface area contributed by atoms with Crippen molar-refractivity contribution in [3.63, 3.8) is 0 Å². The predicted octanol–water partition coefficient (Wildman–Crippen LogP) is 2.39. The minimum Gasteiger partial charge on any atom is -0.497 e. The zero-order chi connectivity index (χ0) is 14.7. The molecule has 4 heteroatoms. The van der Waals surface area contributed by atoms with Crippen molar-refractivity contribution < 1.29 is 4.74 Å². The van der Waals surface area contributed by atoms with E-state index in [0.717, 1.165) is 28.8 Å². The molecule has 0 fully saturated rings. The summed E-state index contributed by atoms with van der Waals surface area (Å²) in [6, 6.07) is 7.79. The van der Waals surface area contributed by atoms with E-state index >= 15 is 0 Å². The molecule has 0 saturated heterocycles. The Morgan fingerprint density at radius 1 is 1.30 bits per heavy atom. The van der Waals surface area contributed by atoms with Crippen molar-refractivity contribution in [2.24, 2.45) is 5.92 Å². The minimum absolute atomic E-state index is 0.0886. The van der Waals surface area contributed by atoms with Crippen molar-refractivity contribution in [2.75, 3.05) is 14.2 Å². The molecule has 4 nitrogen and oxygen atoms in total. The maximum Gasteiger partial charge on any atom is 0.255 e. The summed E-state index contributed by atoms with van der Waals surface area (Å²) in [4.78, 5) is 12.6. The molecule has 0 saturated carbocycles. The van der Waals surface area contributed by atoms with Crippen molar-refractivity contribution in [1.82, 2.24) is 9.88 Å². The van der Waals surface area contributed by atoms with Crippen molar-refractivity contribution in [1.29, 1.82) is 0 Å². The lowest BCUT2D eigenvalue weighted by molar-refractivity contribution is 0.415. The second kappa shape index (κ2) is 6.09. The first kappa shape index (κ1) is 14.6. The molecule has 0 unspecified atom stereocenters. The number of methoxy groups -OCH3 is 1. The molecule has 1 heterocycles. The lowest BCUT2D eigenvalue weighted by Gasteiger charge is -2.15. The van der Waals surface area contributed by atoms with Crippen LogP contribution in [0.25, 0.3) is 10.9 Å². The van der Waals surface area contributed by atoms with Crippen LogP contribution in [0.2, 0.25) is 0 Å². The molecule has 1 N–H and O–H groups in total. The van der Waals surface area contributed by atoms with Crippen LogP contribution in [0.15, 0.2) is 29.1 Å². The number of pyridine rings is 1. The number of aromatic nitrogens is 1. The maximum atomic E-state index is 12.6. The van der Waals surface area contributed by atoms with Gasteiger partial charge in [0.05, 0.1) is 12.6 Å². The fourth-order valence-electron chi connectivity index (χ4n) is 2.42. The van der Waals surface area contributed by atoms with E-state index in [0.29, 0.717) is 12.5 Å². The summed E-state index contributed by atoms with van der Waals surface area (Å²) in [5.41, 5.74) is 1.84. The van der Waals surface area contributed by atoms with Gasteiger partial charge in [-0.15, -0.1) is 0 Å². The summed E-state index contributed by atoms with van der Waals surface area (Å²) in [7, 11) is 3.50. The molecular formula is C16H22N2O2. The second-order valence-corrected chi connectivity index (χ2v) is 5.43. The number of benzene rings is 1. The zero-order valence-electron chi connectivity index (χ0n) is 12.6. The highest BCUT2D eigenvalue weighted by atomic mass is 16.5. The second-order valence-electron chi connectivity index (χ2n) is 5.43. The van der Waals surface area contributed by atoms with Crippen LogP contribution in [-0.2, 0) is 13.1 Å². The quantitative estimate of drug-likeness (QED) is 0.910. The largest absolute Gasteiger partial charge is 0.497 e. The number of fused-ring (bicyclic) bond motifs is 1. The van der Waals surface area contributed by atoms with E-state index in [1.807, 2.05) is 35.9 Å². The Morgan fingerprint density at radius 3 is 2.65 bits per heavy atom. The first-order chi connectivity index (χ1) is 9.56. The fourth-order valence-corrected chi connectivity index (χ4v) is 2.42. The van der Waals surface area contributed by atoms with Gasteiger partial charge in [0.2, 0.25) is 0 Å². The highest BCUT2D eigenvalue weighted by molar-refractivity contribution is 5.81. The summed E-state index contributed by atoms with van der Waals surface area (Å²) in [6.07, 6.45) is 0. The van der Waals surface area contributed by atoms with Crippen LogP contribution in [-0.4, -0.2) is 18.7 Å². The van der Waals surface area contributed by atoms with Crippen molar-refractivity contribution >= 4 is 10.9 Å². The van der Waals surface area contributed by atoms with E-state index in [4.69, 9.17) is 4.74 Å². The standard InChI is InChI=1S/C16H22N2O2/c1-11(2)10-18-15-6-5-14(20-4)8-12(15)7-13(9-17-3)16(18)19/h5-8,11,17H,9-10H2,1-4H3. The topological polar surface area (TPSA) is 43.3 Å². The molecule has 20 heavy (non-hydrogen) atoms. The SMILES string of the molecule is CNCc1cc2cc(OC)ccc2n(CC(C)C)c1=O. The van der Waals surface area contributed by atoms with E-state index in [-0.39, 0.29) is 5.56 Å². The number of nitrogens with zero attached hydrogens (tertiary/aromatic N) is 1. The Morgan fingerprint density at radius 2 is 2.05 bits per heavy atom. The maximum absolute atomic E-state index is 12.6. The Hall–Kier alpha value is -1.81. The Bertz CT molecular complexity index is 659. The van der Waals surface area contributed by atoms with Gasteiger partial charge in [-0.25, -0.2) is 0 Å². The summed E-state index contributed by atoms with van der Waals surface area (Å²) < 4.78 is 7.14. The van der Waals surface area contributed by atoms with Gasteiger partial charge < -0.3 is 14.6 Å². The first-order valence-corrected chi connectivity index (χ1v) is 6.92. The van der Waals surface area contributed by atoms with Crippen LogP contribution in [0.1, 0.15) is 19.4 Å². The van der Waals surface area contributed by atoms with Gasteiger partial charge in [-0.05, 0) is 37.2 Å². The van der Waals surface area contributed by atoms with Gasteiger partial charge in [-0.1, -0.05) is 13.8 Å². The smallest absolute Gasteiger partial charge is 0.255 e. The van der Waals surface area contributed by atoms with Gasteiger partial charge in [-0.3, -0.25) is 4.79 Å². The molecule has 0 radical (unpaired) electrons. The molecule has 0 amide bonds.